The number of amides is 1. The Morgan fingerprint density at radius 3 is 2.58 bits per heavy atom. The molecule has 0 saturated carbocycles. The Morgan fingerprint density at radius 1 is 1.35 bits per heavy atom. The van der Waals surface area contributed by atoms with E-state index in [2.05, 4.69) is 9.98 Å². The first-order valence-electron chi connectivity index (χ1n) is 8.01. The second-order valence-corrected chi connectivity index (χ2v) is 9.46. The number of carboxylic acids is 1. The lowest BCUT2D eigenvalue weighted by Crippen LogP contribution is -2.40. The van der Waals surface area contributed by atoms with Crippen LogP contribution in [0.1, 0.15) is 27.7 Å². The lowest BCUT2D eigenvalue weighted by atomic mass is 10.2. The molecule has 26 heavy (non-hydrogen) atoms. The molecule has 1 aromatic heterocycles. The average molecular weight is 400 g/mol. The molecule has 1 aliphatic rings. The number of aliphatic imine (C=N–C) groups is 1. The first kappa shape index (κ1) is 20.3. The van der Waals surface area contributed by atoms with Crippen LogP contribution in [0.4, 0.5) is 10.5 Å². The van der Waals surface area contributed by atoms with Crippen molar-refractivity contribution in [1.29, 1.82) is 0 Å². The number of hydrogen-bond acceptors (Lipinski definition) is 5. The van der Waals surface area contributed by atoms with Crippen molar-refractivity contribution in [2.45, 2.75) is 33.3 Å². The molecule has 1 unspecified atom stereocenters. The molecule has 1 N–H and O–H groups in total. The van der Waals surface area contributed by atoms with Crippen LogP contribution in [0, 0.1) is 0 Å². The van der Waals surface area contributed by atoms with Gasteiger partial charge in [-0.1, -0.05) is 18.5 Å². The van der Waals surface area contributed by atoms with E-state index < -0.39 is 28.6 Å². The maximum Gasteiger partial charge on any atom is 0.415 e. The third kappa shape index (κ3) is 4.98. The van der Waals surface area contributed by atoms with E-state index in [0.717, 1.165) is 0 Å². The van der Waals surface area contributed by atoms with Gasteiger partial charge in [0.05, 0.1) is 33.4 Å². The van der Waals surface area contributed by atoms with Crippen LogP contribution in [0.15, 0.2) is 34.6 Å². The Kier molecular flexibility index (Phi) is 6.30. The van der Waals surface area contributed by atoms with Gasteiger partial charge in [0.1, 0.15) is 5.60 Å². The van der Waals surface area contributed by atoms with Gasteiger partial charge in [-0.2, -0.15) is 10.9 Å². The van der Waals surface area contributed by atoms with Crippen molar-refractivity contribution in [1.82, 2.24) is 4.98 Å². The van der Waals surface area contributed by atoms with E-state index in [1.807, 2.05) is 6.92 Å². The molecule has 0 spiro atoms. The average Bonchev–Trinajstić information content (AvgIpc) is 2.93. The highest BCUT2D eigenvalue weighted by Crippen LogP contribution is 2.41. The fourth-order valence-electron chi connectivity index (χ4n) is 2.33. The van der Waals surface area contributed by atoms with E-state index in [-0.39, 0.29) is 11.4 Å². The minimum Gasteiger partial charge on any atom is -0.477 e. The summed E-state index contributed by atoms with van der Waals surface area (Å²) < 4.78 is 5.48. The molecular weight excluding hydrogens is 378 g/mol. The van der Waals surface area contributed by atoms with E-state index in [1.54, 1.807) is 26.8 Å². The van der Waals surface area contributed by atoms with Crippen molar-refractivity contribution in [2.24, 2.45) is 4.99 Å². The van der Waals surface area contributed by atoms with Gasteiger partial charge in [-0.25, -0.2) is 9.59 Å². The molecule has 1 aromatic rings. The monoisotopic (exact) mass is 399 g/mol. The van der Waals surface area contributed by atoms with Gasteiger partial charge in [-0.3, -0.25) is 14.9 Å². The predicted molar refractivity (Wildman–Crippen MR) is 106 cm³/mol. The molecule has 0 fully saturated rings. The zero-order valence-electron chi connectivity index (χ0n) is 15.1. The van der Waals surface area contributed by atoms with Crippen molar-refractivity contribution >= 4 is 45.3 Å². The van der Waals surface area contributed by atoms with Crippen molar-refractivity contribution in [3.05, 3.63) is 34.6 Å². The molecule has 0 radical (unpaired) electrons. The minimum atomic E-state index is -1.09. The third-order valence-electron chi connectivity index (χ3n) is 3.39. The number of aliphatic carboxylic acids is 1. The summed E-state index contributed by atoms with van der Waals surface area (Å²) >= 11 is 6.01. The molecule has 0 bridgehead atoms. The minimum absolute atomic E-state index is 0.115. The Bertz CT molecular complexity index is 774. The summed E-state index contributed by atoms with van der Waals surface area (Å²) in [6, 6.07) is 1.60. The van der Waals surface area contributed by atoms with Crippen molar-refractivity contribution < 1.29 is 19.4 Å². The van der Waals surface area contributed by atoms with Crippen LogP contribution in [0.2, 0.25) is 5.02 Å². The van der Waals surface area contributed by atoms with Crippen LogP contribution in [0.25, 0.3) is 0 Å². The summed E-state index contributed by atoms with van der Waals surface area (Å²) in [6.07, 6.45) is 3.77. The van der Waals surface area contributed by atoms with Crippen LogP contribution >= 0.6 is 22.5 Å². The van der Waals surface area contributed by atoms with Gasteiger partial charge in [0.25, 0.3) is 0 Å². The van der Waals surface area contributed by atoms with Crippen LogP contribution in [-0.2, 0) is 9.53 Å². The van der Waals surface area contributed by atoms with Gasteiger partial charge in [0.15, 0.2) is 0 Å². The third-order valence-corrected chi connectivity index (χ3v) is 6.00. The summed E-state index contributed by atoms with van der Waals surface area (Å²) in [5.74, 6) is -0.354. The standard InChI is InChI=1S/C17H22ClN3O4S/c1-5-26-13(15(22)23)9-20-14(26)10-21(16(24)25-17(2,3)4)12-6-11(18)7-19-8-12/h6-9,26H,5,10H2,1-4H3,(H,22,23). The molecule has 1 aliphatic heterocycles. The number of carboxylic acid groups (broad SMARTS) is 1. The van der Waals surface area contributed by atoms with Crippen molar-refractivity contribution in [3.8, 4) is 0 Å². The summed E-state index contributed by atoms with van der Waals surface area (Å²) in [5.41, 5.74) is -0.219. The molecule has 0 aliphatic carbocycles. The van der Waals surface area contributed by atoms with E-state index in [1.165, 1.54) is 23.5 Å². The molecule has 2 heterocycles. The van der Waals surface area contributed by atoms with E-state index in [0.29, 0.717) is 21.5 Å². The summed E-state index contributed by atoms with van der Waals surface area (Å²) in [4.78, 5) is 34.0. The molecule has 142 valence electrons. The highest BCUT2D eigenvalue weighted by molar-refractivity contribution is 8.33. The fraction of sp³-hybridized carbons (Fsp3) is 0.412. The largest absolute Gasteiger partial charge is 0.477 e. The van der Waals surface area contributed by atoms with Gasteiger partial charge >= 0.3 is 12.1 Å². The number of carbonyl (C=O) groups is 2. The Morgan fingerprint density at radius 2 is 2.04 bits per heavy atom. The van der Waals surface area contributed by atoms with Gasteiger partial charge in [0.2, 0.25) is 0 Å². The van der Waals surface area contributed by atoms with Gasteiger partial charge in [-0.15, -0.1) is 0 Å². The number of rotatable bonds is 5. The number of ether oxygens (including phenoxy) is 1. The van der Waals surface area contributed by atoms with E-state index >= 15 is 0 Å². The second kappa shape index (κ2) is 8.09. The zero-order valence-corrected chi connectivity index (χ0v) is 16.7. The molecule has 0 saturated heterocycles. The zero-order chi connectivity index (χ0) is 19.5. The van der Waals surface area contributed by atoms with Gasteiger partial charge < -0.3 is 9.84 Å². The van der Waals surface area contributed by atoms with Crippen LogP contribution in [0.5, 0.6) is 0 Å². The molecule has 9 heteroatoms. The Balaban J connectivity index is 2.31. The topological polar surface area (TPSA) is 92.1 Å². The number of hydrogen-bond donors (Lipinski definition) is 2. The van der Waals surface area contributed by atoms with E-state index in [9.17, 15) is 14.7 Å². The number of nitrogens with zero attached hydrogens (tertiary/aromatic N) is 3. The van der Waals surface area contributed by atoms with Gasteiger partial charge in [-0.05, 0) is 32.6 Å². The number of carbonyl (C=O) groups excluding carboxylic acids is 1. The Hall–Kier alpha value is -2.06. The first-order valence-corrected chi connectivity index (χ1v) is 9.91. The SMILES string of the molecule is CC[SH]1C(C(=O)O)=CN=C1CN(C(=O)OC(C)(C)C)c1cncc(Cl)c1. The highest BCUT2D eigenvalue weighted by atomic mass is 35.5. The lowest BCUT2D eigenvalue weighted by molar-refractivity contribution is -0.131. The van der Waals surface area contributed by atoms with Crippen molar-refractivity contribution in [2.75, 3.05) is 17.2 Å². The predicted octanol–water partition coefficient (Wildman–Crippen LogP) is 3.84. The maximum absolute atomic E-state index is 12.7. The molecular formula is C17H22ClN3O4S. The first-order chi connectivity index (χ1) is 12.1. The highest BCUT2D eigenvalue weighted by Gasteiger charge is 2.30. The van der Waals surface area contributed by atoms with Crippen LogP contribution in [0.3, 0.4) is 0 Å². The fourth-order valence-corrected chi connectivity index (χ4v) is 4.42. The number of anilines is 1. The number of pyridine rings is 1. The number of thiol groups is 1. The molecule has 2 rings (SSSR count). The van der Waals surface area contributed by atoms with Crippen LogP contribution < -0.4 is 4.90 Å². The number of aromatic nitrogens is 1. The number of halogens is 1. The maximum atomic E-state index is 12.7. The summed E-state index contributed by atoms with van der Waals surface area (Å²) in [6.45, 7) is 7.34. The molecule has 1 atom stereocenters. The molecule has 0 aromatic carbocycles. The molecule has 1 amide bonds. The molecule has 7 nitrogen and oxygen atoms in total. The van der Waals surface area contributed by atoms with Gasteiger partial charge in [0, 0.05) is 12.4 Å². The van der Waals surface area contributed by atoms with Crippen molar-refractivity contribution in [3.63, 3.8) is 0 Å². The second-order valence-electron chi connectivity index (χ2n) is 6.54. The van der Waals surface area contributed by atoms with E-state index in [4.69, 9.17) is 16.3 Å². The lowest BCUT2D eigenvalue weighted by Gasteiger charge is -2.29. The summed E-state index contributed by atoms with van der Waals surface area (Å²) in [7, 11) is -1.09. The summed E-state index contributed by atoms with van der Waals surface area (Å²) in [5, 5.41) is 10.3. The van der Waals surface area contributed by atoms with Crippen LogP contribution in [-0.4, -0.2) is 45.1 Å². The Labute approximate surface area is 160 Å². The quantitative estimate of drug-likeness (QED) is 0.734. The smallest absolute Gasteiger partial charge is 0.415 e. The normalized spacial score (nSPS) is 18.1.